The number of nitrogens with zero attached hydrogens (tertiary/aromatic N) is 2. The van der Waals surface area contributed by atoms with Gasteiger partial charge >= 0.3 is 0 Å². The first-order valence-electron chi connectivity index (χ1n) is 17.4. The van der Waals surface area contributed by atoms with Crippen molar-refractivity contribution in [1.82, 2.24) is 31.2 Å². The highest BCUT2D eigenvalue weighted by Gasteiger charge is 2.32. The number of carbonyl (C=O) groups is 5. The summed E-state index contributed by atoms with van der Waals surface area (Å²) in [5, 5.41) is 22.0. The van der Waals surface area contributed by atoms with Crippen LogP contribution in [0.15, 0.2) is 36.4 Å². The molecule has 0 saturated heterocycles. The molecule has 16 heteroatoms. The molecular formula is C37H47FN6O8S. The monoisotopic (exact) mass is 754 g/mol. The molecule has 1 aliphatic heterocycles. The van der Waals surface area contributed by atoms with Gasteiger partial charge < -0.3 is 40.7 Å². The van der Waals surface area contributed by atoms with Crippen molar-refractivity contribution in [2.75, 3.05) is 26.7 Å². The molecule has 1 aromatic heterocycles. The van der Waals surface area contributed by atoms with Gasteiger partial charge in [0.25, 0.3) is 11.8 Å². The largest absolute Gasteiger partial charge is 0.493 e. The van der Waals surface area contributed by atoms with E-state index in [0.717, 1.165) is 6.07 Å². The van der Waals surface area contributed by atoms with Crippen LogP contribution in [0.1, 0.15) is 76.3 Å². The van der Waals surface area contributed by atoms with E-state index in [-0.39, 0.29) is 73.7 Å². The van der Waals surface area contributed by atoms with E-state index in [2.05, 4.69) is 26.3 Å². The second-order valence-corrected chi connectivity index (χ2v) is 14.1. The highest BCUT2D eigenvalue weighted by atomic mass is 32.1. The normalized spacial score (nSPS) is 19.4. The summed E-state index contributed by atoms with van der Waals surface area (Å²) in [6, 6.07) is 5.99. The number of rotatable bonds is 5. The number of benzene rings is 2. The minimum Gasteiger partial charge on any atom is -0.493 e. The van der Waals surface area contributed by atoms with Crippen LogP contribution in [0.4, 0.5) is 4.39 Å². The summed E-state index contributed by atoms with van der Waals surface area (Å²) in [7, 11) is 1.42. The minimum atomic E-state index is -1.37. The lowest BCUT2D eigenvalue weighted by Gasteiger charge is -2.28. The Morgan fingerprint density at radius 1 is 1.06 bits per heavy atom. The fraction of sp³-hybridized carbons (Fsp3) is 0.459. The second-order valence-electron chi connectivity index (χ2n) is 12.9. The van der Waals surface area contributed by atoms with Crippen LogP contribution < -0.4 is 30.7 Å². The number of hydrogen-bond donors (Lipinski definition) is 5. The van der Waals surface area contributed by atoms with E-state index >= 15 is 0 Å². The molecule has 5 amide bonds. The van der Waals surface area contributed by atoms with Crippen molar-refractivity contribution in [2.24, 2.45) is 5.92 Å². The third-order valence-electron chi connectivity index (χ3n) is 8.81. The van der Waals surface area contributed by atoms with Crippen LogP contribution in [0.2, 0.25) is 0 Å². The van der Waals surface area contributed by atoms with Gasteiger partial charge in [-0.2, -0.15) is 0 Å². The smallest absolute Gasteiger partial charge is 0.265 e. The van der Waals surface area contributed by atoms with Crippen molar-refractivity contribution < 1.29 is 42.9 Å². The Hall–Kier alpha value is -5.09. The highest BCUT2D eigenvalue weighted by molar-refractivity contribution is 7.13. The topological polar surface area (TPSA) is 188 Å². The molecule has 4 atom stereocenters. The number of aliphatic hydroxyl groups excluding tert-OH is 1. The lowest BCUT2D eigenvalue weighted by atomic mass is 9.97. The Morgan fingerprint density at radius 2 is 1.81 bits per heavy atom. The zero-order valence-corrected chi connectivity index (χ0v) is 31.5. The Balaban J connectivity index is 1.67. The Kier molecular flexibility index (Phi) is 14.3. The van der Waals surface area contributed by atoms with Gasteiger partial charge in [-0.15, -0.1) is 11.3 Å². The molecule has 0 saturated carbocycles. The Labute approximate surface area is 311 Å². The maximum Gasteiger partial charge on any atom is 0.265 e. The quantitative estimate of drug-likeness (QED) is 0.260. The number of thiazole rings is 1. The summed E-state index contributed by atoms with van der Waals surface area (Å²) < 4.78 is 26.2. The summed E-state index contributed by atoms with van der Waals surface area (Å²) in [5.41, 5.74) is 1.13. The van der Waals surface area contributed by atoms with E-state index in [1.807, 2.05) is 6.92 Å². The molecule has 286 valence electrons. The van der Waals surface area contributed by atoms with Crippen LogP contribution >= 0.6 is 11.3 Å². The van der Waals surface area contributed by atoms with Gasteiger partial charge in [0.2, 0.25) is 17.7 Å². The molecule has 2 heterocycles. The molecule has 0 unspecified atom stereocenters. The van der Waals surface area contributed by atoms with E-state index in [0.29, 0.717) is 27.6 Å². The second kappa shape index (κ2) is 18.6. The van der Waals surface area contributed by atoms with Gasteiger partial charge in [-0.3, -0.25) is 24.0 Å². The van der Waals surface area contributed by atoms with Gasteiger partial charge in [0, 0.05) is 44.2 Å². The molecule has 3 aromatic rings. The lowest BCUT2D eigenvalue weighted by Crippen LogP contribution is -2.58. The molecule has 4 bridgehead atoms. The fourth-order valence-electron chi connectivity index (χ4n) is 5.73. The first-order chi connectivity index (χ1) is 25.2. The Bertz CT molecular complexity index is 1820. The van der Waals surface area contributed by atoms with E-state index < -0.39 is 47.6 Å². The number of fused-ring (bicyclic) bond motifs is 4. The van der Waals surface area contributed by atoms with E-state index in [9.17, 15) is 33.5 Å². The summed E-state index contributed by atoms with van der Waals surface area (Å²) >= 11 is 1.24. The molecule has 14 nitrogen and oxygen atoms in total. The average Bonchev–Trinajstić information content (AvgIpc) is 3.46. The number of aliphatic hydroxyl groups is 1. The van der Waals surface area contributed by atoms with Crippen LogP contribution in [0, 0.1) is 25.6 Å². The predicted molar refractivity (Wildman–Crippen MR) is 195 cm³/mol. The van der Waals surface area contributed by atoms with Crippen LogP contribution in [0.5, 0.6) is 17.2 Å². The number of carbonyl (C=O) groups excluding carboxylic acids is 5. The number of nitrogens with one attached hydrogen (secondary N) is 4. The number of methoxy groups -OCH3 is 1. The molecule has 0 fully saturated rings. The number of ether oxygens (including phenoxy) is 2. The van der Waals surface area contributed by atoms with Crippen LogP contribution in [-0.4, -0.2) is 89.5 Å². The zero-order chi connectivity index (χ0) is 38.8. The first kappa shape index (κ1) is 40.7. The molecule has 4 rings (SSSR count). The van der Waals surface area contributed by atoms with Crippen molar-refractivity contribution in [3.63, 3.8) is 0 Å². The van der Waals surface area contributed by atoms with Crippen LogP contribution in [0.25, 0.3) is 0 Å². The van der Waals surface area contributed by atoms with Gasteiger partial charge in [0.05, 0.1) is 23.9 Å². The number of aromatic nitrogens is 1. The van der Waals surface area contributed by atoms with Crippen molar-refractivity contribution in [2.45, 2.75) is 78.6 Å². The molecule has 0 radical (unpaired) electrons. The van der Waals surface area contributed by atoms with Crippen molar-refractivity contribution in [3.05, 3.63) is 68.9 Å². The van der Waals surface area contributed by atoms with Gasteiger partial charge in [0.15, 0.2) is 11.5 Å². The maximum absolute atomic E-state index is 14.8. The van der Waals surface area contributed by atoms with Gasteiger partial charge in [-0.05, 0) is 69.0 Å². The third kappa shape index (κ3) is 11.0. The summed E-state index contributed by atoms with van der Waals surface area (Å²) in [6.45, 7) is 8.68. The van der Waals surface area contributed by atoms with E-state index in [1.165, 1.54) is 60.6 Å². The fourth-order valence-corrected chi connectivity index (χ4v) is 6.61. The summed E-state index contributed by atoms with van der Waals surface area (Å²) in [6.07, 6.45) is -0.681. The van der Waals surface area contributed by atoms with Gasteiger partial charge in [-0.25, -0.2) is 9.37 Å². The molecule has 1 aliphatic rings. The van der Waals surface area contributed by atoms with Gasteiger partial charge in [0.1, 0.15) is 28.5 Å². The van der Waals surface area contributed by atoms with E-state index in [1.54, 1.807) is 20.8 Å². The van der Waals surface area contributed by atoms with E-state index in [4.69, 9.17) is 9.47 Å². The third-order valence-corrected chi connectivity index (χ3v) is 9.87. The molecular weight excluding hydrogens is 708 g/mol. The maximum atomic E-state index is 14.8. The standard InChI is InChI=1S/C37H47FN6O8S/c1-7-20(2)31-35(48)40-19-24-15-26(38)18-27(16-24)52-29-17-25(10-11-28(29)51-6)34(47)39-12-14-44(37(50)33-21(3)41-23(5)53-33)13-8-9-30(46)42-32(22(4)45)36(49)43-31/h10-11,15-18,20,22,31-32,45H,7-9,12-14,19H2,1-6H3,(H,39,47)(H,40,48)(H,42,46)(H,43,49)/t20-,22+,31-,32-/m0/s1. The molecule has 0 aliphatic carbocycles. The van der Waals surface area contributed by atoms with Gasteiger partial charge in [-0.1, -0.05) is 20.3 Å². The predicted octanol–water partition coefficient (Wildman–Crippen LogP) is 3.38. The van der Waals surface area contributed by atoms with Crippen molar-refractivity contribution in [1.29, 1.82) is 0 Å². The number of hydrogen-bond acceptors (Lipinski definition) is 10. The SMILES string of the molecule is CC[C@H](C)[C@@H]1NC(=O)[C@H]([C@@H](C)O)NC(=O)CCCN(C(=O)c2sc(C)nc2C)CCNC(=O)c2ccc(OC)c(c2)Oc2cc(F)cc(c2)CNC1=O. The highest BCUT2D eigenvalue weighted by Crippen LogP contribution is 2.33. The number of aryl methyl sites for hydroxylation is 2. The van der Waals surface area contributed by atoms with Crippen molar-refractivity contribution in [3.8, 4) is 17.2 Å². The Morgan fingerprint density at radius 3 is 2.47 bits per heavy atom. The van der Waals surface area contributed by atoms with Crippen LogP contribution in [0.3, 0.4) is 0 Å². The number of amides is 5. The molecule has 2 aromatic carbocycles. The minimum absolute atomic E-state index is 0.0659. The molecule has 53 heavy (non-hydrogen) atoms. The lowest BCUT2D eigenvalue weighted by molar-refractivity contribution is -0.135. The number of halogens is 1. The molecule has 0 spiro atoms. The average molecular weight is 755 g/mol. The first-order valence-corrected chi connectivity index (χ1v) is 18.2. The van der Waals surface area contributed by atoms with Crippen molar-refractivity contribution >= 4 is 40.9 Å². The van der Waals surface area contributed by atoms with Crippen LogP contribution in [-0.2, 0) is 20.9 Å². The zero-order valence-electron chi connectivity index (χ0n) is 30.7. The molecule has 5 N–H and O–H groups in total. The summed E-state index contributed by atoms with van der Waals surface area (Å²) in [5.74, 6) is -3.15. The summed E-state index contributed by atoms with van der Waals surface area (Å²) in [4.78, 5) is 73.2.